The van der Waals surface area contributed by atoms with Gasteiger partial charge in [0, 0.05) is 46.2 Å². The molecule has 6 rings (SSSR count). The fraction of sp³-hybridized carbons (Fsp3) is 0.0606. The summed E-state index contributed by atoms with van der Waals surface area (Å²) in [6.07, 6.45) is 1.71. The lowest BCUT2D eigenvalue weighted by Gasteiger charge is -2.12. The van der Waals surface area contributed by atoms with Gasteiger partial charge >= 0.3 is 0 Å². The summed E-state index contributed by atoms with van der Waals surface area (Å²) in [5.41, 5.74) is 3.17. The summed E-state index contributed by atoms with van der Waals surface area (Å²) in [5, 5.41) is 30.9. The van der Waals surface area contributed by atoms with Gasteiger partial charge in [0.05, 0.1) is 33.2 Å². The van der Waals surface area contributed by atoms with Gasteiger partial charge in [0.25, 0.3) is 5.70 Å². The van der Waals surface area contributed by atoms with Crippen molar-refractivity contribution in [2.45, 2.75) is 0 Å². The van der Waals surface area contributed by atoms with E-state index in [1.54, 1.807) is 28.7 Å². The van der Waals surface area contributed by atoms with Crippen LogP contribution in [0.4, 0.5) is 5.69 Å². The molecule has 0 spiro atoms. The van der Waals surface area contributed by atoms with E-state index in [0.717, 1.165) is 41.2 Å². The Morgan fingerprint density at radius 1 is 0.878 bits per heavy atom. The highest BCUT2D eigenvalue weighted by molar-refractivity contribution is 7.29. The van der Waals surface area contributed by atoms with Crippen LogP contribution in [-0.4, -0.2) is 19.9 Å². The van der Waals surface area contributed by atoms with Crippen molar-refractivity contribution in [3.63, 3.8) is 0 Å². The lowest BCUT2D eigenvalue weighted by Crippen LogP contribution is -2.07. The van der Waals surface area contributed by atoms with Crippen LogP contribution >= 0.6 is 22.7 Å². The molecule has 5 aromatic rings. The first kappa shape index (κ1) is 25.8. The number of allylic oxidation sites excluding steroid dienone is 3. The molecule has 41 heavy (non-hydrogen) atoms. The first-order chi connectivity index (χ1) is 19.9. The van der Waals surface area contributed by atoms with Crippen molar-refractivity contribution in [3.8, 4) is 28.6 Å². The van der Waals surface area contributed by atoms with E-state index in [2.05, 4.69) is 52.2 Å². The maximum atomic E-state index is 13.6. The van der Waals surface area contributed by atoms with Crippen LogP contribution in [0, 0.1) is 40.6 Å². The lowest BCUT2D eigenvalue weighted by molar-refractivity contribution is 0.104. The zero-order valence-corrected chi connectivity index (χ0v) is 23.4. The van der Waals surface area contributed by atoms with Gasteiger partial charge in [-0.3, -0.25) is 4.79 Å². The van der Waals surface area contributed by atoms with Gasteiger partial charge in [0.2, 0.25) is 0 Å². The topological polar surface area (TPSA) is 96.0 Å². The Bertz CT molecular complexity index is 2170. The van der Waals surface area contributed by atoms with E-state index >= 15 is 0 Å². The summed E-state index contributed by atoms with van der Waals surface area (Å²) < 4.78 is 2.24. The predicted molar refractivity (Wildman–Crippen MR) is 164 cm³/mol. The highest BCUT2D eigenvalue weighted by Crippen LogP contribution is 2.44. The predicted octanol–water partition coefficient (Wildman–Crippen LogP) is 8.03. The smallest absolute Gasteiger partial charge is 0.270 e. The quantitative estimate of drug-likeness (QED) is 0.126. The summed E-state index contributed by atoms with van der Waals surface area (Å²) in [6.45, 7) is 7.55. The summed E-state index contributed by atoms with van der Waals surface area (Å²) in [6, 6.07) is 25.4. The minimum absolute atomic E-state index is 0.0793. The molecule has 0 saturated heterocycles. The Morgan fingerprint density at radius 2 is 1.51 bits per heavy atom. The summed E-state index contributed by atoms with van der Waals surface area (Å²) >= 11 is 3.26. The minimum Gasteiger partial charge on any atom is -0.378 e. The Kier molecular flexibility index (Phi) is 6.22. The SMILES string of the molecule is [C-]#[N+]/C(C#N)=C1\C(=C\c2cc3ccc4cc(-c5ccc(N(C)C)cc5)sc4c3s2)C(=O)c2cc(C#N)c(C#N)cc21. The molecule has 3 aromatic carbocycles. The largest absolute Gasteiger partial charge is 0.378 e. The third-order valence-corrected chi connectivity index (χ3v) is 9.49. The average molecular weight is 564 g/mol. The first-order valence-corrected chi connectivity index (χ1v) is 14.0. The van der Waals surface area contributed by atoms with Gasteiger partial charge in [0.1, 0.15) is 12.1 Å². The number of Topliss-reactive ketones (excluding diaryl/α,β-unsaturated/α-hetero) is 1. The Hall–Kier alpha value is -5.51. The van der Waals surface area contributed by atoms with Gasteiger partial charge in [-0.2, -0.15) is 10.5 Å². The maximum absolute atomic E-state index is 13.6. The number of carbonyl (C=O) groups is 1. The van der Waals surface area contributed by atoms with Gasteiger partial charge < -0.3 is 4.90 Å². The number of nitrogens with zero attached hydrogens (tertiary/aromatic N) is 5. The molecule has 8 heteroatoms. The molecular formula is C33H17N5OS2. The molecule has 6 nitrogen and oxygen atoms in total. The number of ketones is 1. The van der Waals surface area contributed by atoms with Crippen LogP contribution in [0.5, 0.6) is 0 Å². The molecule has 1 aliphatic carbocycles. The summed E-state index contributed by atoms with van der Waals surface area (Å²) in [7, 11) is 4.03. The molecular weight excluding hydrogens is 547 g/mol. The van der Waals surface area contributed by atoms with Crippen molar-refractivity contribution >= 4 is 66.0 Å². The number of rotatable bonds is 3. The number of anilines is 1. The van der Waals surface area contributed by atoms with Gasteiger partial charge in [0.15, 0.2) is 5.78 Å². The van der Waals surface area contributed by atoms with E-state index in [9.17, 15) is 20.6 Å². The summed E-state index contributed by atoms with van der Waals surface area (Å²) in [5.74, 6) is -0.380. The Morgan fingerprint density at radius 3 is 2.12 bits per heavy atom. The second kappa shape index (κ2) is 9.91. The molecule has 0 aliphatic heterocycles. The number of nitriles is 3. The van der Waals surface area contributed by atoms with Crippen LogP contribution in [0.15, 0.2) is 71.9 Å². The molecule has 0 N–H and O–H groups in total. The second-order valence-corrected chi connectivity index (χ2v) is 11.7. The maximum Gasteiger partial charge on any atom is 0.270 e. The van der Waals surface area contributed by atoms with Crippen molar-refractivity contribution in [3.05, 3.63) is 110 Å². The molecule has 1 aliphatic rings. The molecule has 0 bridgehead atoms. The molecule has 0 radical (unpaired) electrons. The third kappa shape index (κ3) is 4.17. The molecule has 2 aromatic heterocycles. The fourth-order valence-corrected chi connectivity index (χ4v) is 7.42. The zero-order valence-electron chi connectivity index (χ0n) is 21.8. The number of benzene rings is 3. The number of thiophene rings is 2. The number of hydrogen-bond acceptors (Lipinski definition) is 7. The van der Waals surface area contributed by atoms with E-state index in [1.165, 1.54) is 12.1 Å². The Labute approximate surface area is 244 Å². The number of fused-ring (bicyclic) bond motifs is 4. The van der Waals surface area contributed by atoms with Gasteiger partial charge in [-0.25, -0.2) is 10.1 Å². The molecule has 0 unspecified atom stereocenters. The summed E-state index contributed by atoms with van der Waals surface area (Å²) in [4.78, 5) is 21.0. The lowest BCUT2D eigenvalue weighted by atomic mass is 9.98. The van der Waals surface area contributed by atoms with E-state index in [0.29, 0.717) is 5.56 Å². The van der Waals surface area contributed by atoms with Crippen molar-refractivity contribution in [2.75, 3.05) is 19.0 Å². The van der Waals surface area contributed by atoms with Crippen molar-refractivity contribution in [2.24, 2.45) is 0 Å². The molecule has 0 fully saturated rings. The molecule has 2 heterocycles. The van der Waals surface area contributed by atoms with Crippen LogP contribution in [0.2, 0.25) is 0 Å². The third-order valence-electron chi connectivity index (χ3n) is 7.03. The highest BCUT2D eigenvalue weighted by atomic mass is 32.1. The second-order valence-electron chi connectivity index (χ2n) is 9.60. The van der Waals surface area contributed by atoms with E-state index in [1.807, 2.05) is 38.4 Å². The van der Waals surface area contributed by atoms with Gasteiger partial charge in [-0.05, 0) is 64.4 Å². The fourth-order valence-electron chi connectivity index (χ4n) is 5.00. The van der Waals surface area contributed by atoms with Gasteiger partial charge in [-0.15, -0.1) is 22.7 Å². The molecule has 192 valence electrons. The zero-order chi connectivity index (χ0) is 28.8. The molecule has 0 atom stereocenters. The van der Waals surface area contributed by atoms with Crippen LogP contribution in [-0.2, 0) is 0 Å². The molecule has 0 amide bonds. The van der Waals surface area contributed by atoms with E-state index < -0.39 is 0 Å². The van der Waals surface area contributed by atoms with Crippen LogP contribution in [0.1, 0.15) is 31.9 Å². The monoisotopic (exact) mass is 563 g/mol. The first-order valence-electron chi connectivity index (χ1n) is 12.4. The van der Waals surface area contributed by atoms with Crippen molar-refractivity contribution in [1.82, 2.24) is 0 Å². The van der Waals surface area contributed by atoms with Crippen molar-refractivity contribution in [1.29, 1.82) is 15.8 Å². The highest BCUT2D eigenvalue weighted by Gasteiger charge is 2.34. The van der Waals surface area contributed by atoms with Crippen LogP contribution < -0.4 is 4.90 Å². The number of hydrogen-bond donors (Lipinski definition) is 0. The number of carbonyl (C=O) groups excluding carboxylic acids is 1. The standard InChI is InChI=1S/C33H17N5OS2/c1-37-28(17-36)30-25-11-21(15-34)22(16-35)12-26(25)31(39)27(30)14-24-10-19-4-5-20-13-29(41-33(20)32(19)40-24)18-6-8-23(9-7-18)38(2)3/h4-14H,2-3H3/b27-14-,30-28-. The Balaban J connectivity index is 1.49. The average Bonchev–Trinajstić information content (AvgIpc) is 3.68. The van der Waals surface area contributed by atoms with Crippen LogP contribution in [0.3, 0.4) is 0 Å². The van der Waals surface area contributed by atoms with Gasteiger partial charge in [-0.1, -0.05) is 24.3 Å². The van der Waals surface area contributed by atoms with E-state index in [4.69, 9.17) is 6.57 Å². The van der Waals surface area contributed by atoms with E-state index in [-0.39, 0.29) is 39.3 Å². The normalized spacial score (nSPS) is 14.4. The molecule has 0 saturated carbocycles. The minimum atomic E-state index is -0.380. The van der Waals surface area contributed by atoms with Crippen molar-refractivity contribution < 1.29 is 4.79 Å². The van der Waals surface area contributed by atoms with Crippen LogP contribution in [0.25, 0.3) is 47.1 Å².